The molecule has 0 aromatic heterocycles. The molecule has 0 bridgehead atoms. The Labute approximate surface area is 148 Å². The van der Waals surface area contributed by atoms with Gasteiger partial charge in [-0.2, -0.15) is 4.31 Å². The van der Waals surface area contributed by atoms with E-state index in [4.69, 9.17) is 9.84 Å². The van der Waals surface area contributed by atoms with Gasteiger partial charge in [0.25, 0.3) is 5.91 Å². The molecule has 1 rings (SSSR count). The van der Waals surface area contributed by atoms with Gasteiger partial charge in [0.05, 0.1) is 17.6 Å². The summed E-state index contributed by atoms with van der Waals surface area (Å²) < 4.78 is 31.7. The zero-order chi connectivity index (χ0) is 19.4. The molecular formula is C16H24N2O6S. The Morgan fingerprint density at radius 2 is 1.80 bits per heavy atom. The van der Waals surface area contributed by atoms with Crippen molar-refractivity contribution >= 4 is 21.9 Å². The lowest BCUT2D eigenvalue weighted by atomic mass is 10.1. The number of ether oxygens (including phenoxy) is 1. The number of aliphatic carboxylic acids is 1. The van der Waals surface area contributed by atoms with Crippen molar-refractivity contribution in [1.29, 1.82) is 0 Å². The molecule has 0 saturated heterocycles. The van der Waals surface area contributed by atoms with E-state index in [0.717, 1.165) is 4.90 Å². The van der Waals surface area contributed by atoms with Gasteiger partial charge in [0.2, 0.25) is 10.0 Å². The first-order chi connectivity index (χ1) is 11.6. The van der Waals surface area contributed by atoms with Crippen molar-refractivity contribution in [1.82, 2.24) is 9.21 Å². The Hall–Kier alpha value is -2.13. The minimum atomic E-state index is -3.75. The van der Waals surface area contributed by atoms with Crippen molar-refractivity contribution in [2.75, 3.05) is 27.2 Å². The molecule has 9 heteroatoms. The van der Waals surface area contributed by atoms with Crippen LogP contribution in [0.3, 0.4) is 0 Å². The fourth-order valence-corrected chi connectivity index (χ4v) is 3.74. The number of hydrogen-bond donors (Lipinski definition) is 1. The smallest absolute Gasteiger partial charge is 0.326 e. The number of carboxylic acids is 1. The van der Waals surface area contributed by atoms with E-state index < -0.39 is 27.9 Å². The molecule has 8 nitrogen and oxygen atoms in total. The zero-order valence-electron chi connectivity index (χ0n) is 15.0. The zero-order valence-corrected chi connectivity index (χ0v) is 15.8. The van der Waals surface area contributed by atoms with Crippen LogP contribution in [0.1, 0.15) is 31.1 Å². The molecule has 0 aliphatic rings. The molecule has 0 spiro atoms. The predicted octanol–water partition coefficient (Wildman–Crippen LogP) is 1.27. The molecule has 0 saturated carbocycles. The first-order valence-corrected chi connectivity index (χ1v) is 9.23. The van der Waals surface area contributed by atoms with Gasteiger partial charge in [-0.25, -0.2) is 13.2 Å². The molecule has 0 heterocycles. The summed E-state index contributed by atoms with van der Waals surface area (Å²) in [5.41, 5.74) is -0.00803. The van der Waals surface area contributed by atoms with Crippen LogP contribution in [0.25, 0.3) is 0 Å². The minimum absolute atomic E-state index is 0.00803. The number of amides is 1. The van der Waals surface area contributed by atoms with Crippen LogP contribution in [0.5, 0.6) is 5.75 Å². The molecule has 1 unspecified atom stereocenters. The van der Waals surface area contributed by atoms with Gasteiger partial charge in [-0.3, -0.25) is 4.79 Å². The van der Waals surface area contributed by atoms with E-state index in [-0.39, 0.29) is 16.2 Å². The third-order valence-corrected chi connectivity index (χ3v) is 6.05. The van der Waals surface area contributed by atoms with Crippen molar-refractivity contribution in [3.8, 4) is 5.75 Å². The molecule has 1 amide bonds. The second kappa shape index (κ2) is 8.30. The fraction of sp³-hybridized carbons (Fsp3) is 0.500. The van der Waals surface area contributed by atoms with E-state index in [0.29, 0.717) is 13.1 Å². The molecule has 1 N–H and O–H groups in total. The van der Waals surface area contributed by atoms with Crippen LogP contribution in [0.15, 0.2) is 23.1 Å². The standard InChI is InChI=1S/C16H24N2O6S/c1-6-18(7-2)25(22,23)12-8-9-14(24-5)13(10-12)15(19)17(4)11(3)16(20)21/h8-11H,6-7H2,1-5H3,(H,20,21). The quantitative estimate of drug-likeness (QED) is 0.737. The maximum Gasteiger partial charge on any atom is 0.326 e. The van der Waals surface area contributed by atoms with Gasteiger partial charge >= 0.3 is 5.97 Å². The lowest BCUT2D eigenvalue weighted by Gasteiger charge is -2.23. The van der Waals surface area contributed by atoms with Gasteiger partial charge in [-0.15, -0.1) is 0 Å². The monoisotopic (exact) mass is 372 g/mol. The Bertz CT molecular complexity index is 743. The summed E-state index contributed by atoms with van der Waals surface area (Å²) in [5.74, 6) is -1.63. The number of likely N-dealkylation sites (N-methyl/N-ethyl adjacent to an activating group) is 1. The number of hydrogen-bond acceptors (Lipinski definition) is 5. The van der Waals surface area contributed by atoms with E-state index in [1.165, 1.54) is 43.6 Å². The summed E-state index contributed by atoms with van der Waals surface area (Å²) in [4.78, 5) is 24.7. The second-order valence-electron chi connectivity index (χ2n) is 5.38. The first-order valence-electron chi connectivity index (χ1n) is 7.79. The Kier molecular flexibility index (Phi) is 6.95. The lowest BCUT2D eigenvalue weighted by Crippen LogP contribution is -2.40. The van der Waals surface area contributed by atoms with Gasteiger partial charge in [-0.05, 0) is 25.1 Å². The van der Waals surface area contributed by atoms with E-state index in [1.807, 2.05) is 0 Å². The number of carbonyl (C=O) groups is 2. The highest BCUT2D eigenvalue weighted by atomic mass is 32.2. The van der Waals surface area contributed by atoms with Gasteiger partial charge in [0.1, 0.15) is 11.8 Å². The Balaban J connectivity index is 3.42. The normalized spacial score (nSPS) is 12.7. The number of carboxylic acid groups (broad SMARTS) is 1. The lowest BCUT2D eigenvalue weighted by molar-refractivity contribution is -0.141. The van der Waals surface area contributed by atoms with Crippen molar-refractivity contribution in [3.05, 3.63) is 23.8 Å². The van der Waals surface area contributed by atoms with Crippen LogP contribution in [-0.4, -0.2) is 67.9 Å². The molecule has 0 aliphatic carbocycles. The van der Waals surface area contributed by atoms with Gasteiger partial charge in [0, 0.05) is 20.1 Å². The van der Waals surface area contributed by atoms with Crippen molar-refractivity contribution in [2.45, 2.75) is 31.7 Å². The number of rotatable bonds is 8. The Morgan fingerprint density at radius 3 is 2.24 bits per heavy atom. The third-order valence-electron chi connectivity index (χ3n) is 4.00. The molecule has 1 aromatic carbocycles. The van der Waals surface area contributed by atoms with E-state index in [2.05, 4.69) is 0 Å². The van der Waals surface area contributed by atoms with E-state index in [1.54, 1.807) is 13.8 Å². The molecule has 1 aromatic rings. The minimum Gasteiger partial charge on any atom is -0.496 e. The Morgan fingerprint density at radius 1 is 1.24 bits per heavy atom. The van der Waals surface area contributed by atoms with Crippen LogP contribution in [0, 0.1) is 0 Å². The van der Waals surface area contributed by atoms with Gasteiger partial charge < -0.3 is 14.7 Å². The van der Waals surface area contributed by atoms with Crippen LogP contribution >= 0.6 is 0 Å². The number of benzene rings is 1. The fourth-order valence-electron chi connectivity index (χ4n) is 2.26. The summed E-state index contributed by atoms with van der Waals surface area (Å²) in [5, 5.41) is 9.07. The third kappa shape index (κ3) is 4.29. The highest BCUT2D eigenvalue weighted by Crippen LogP contribution is 2.26. The molecule has 140 valence electrons. The average Bonchev–Trinajstić information content (AvgIpc) is 2.59. The molecule has 25 heavy (non-hydrogen) atoms. The highest BCUT2D eigenvalue weighted by Gasteiger charge is 2.28. The van der Waals surface area contributed by atoms with Crippen LogP contribution in [-0.2, 0) is 14.8 Å². The van der Waals surface area contributed by atoms with Gasteiger partial charge in [0.15, 0.2) is 0 Å². The summed E-state index contributed by atoms with van der Waals surface area (Å²) in [7, 11) is -1.06. The SMILES string of the molecule is CCN(CC)S(=O)(=O)c1ccc(OC)c(C(=O)N(C)C(C)C(=O)O)c1. The van der Waals surface area contributed by atoms with E-state index in [9.17, 15) is 18.0 Å². The van der Waals surface area contributed by atoms with Gasteiger partial charge in [-0.1, -0.05) is 13.8 Å². The summed E-state index contributed by atoms with van der Waals surface area (Å²) >= 11 is 0. The number of nitrogens with zero attached hydrogens (tertiary/aromatic N) is 2. The highest BCUT2D eigenvalue weighted by molar-refractivity contribution is 7.89. The van der Waals surface area contributed by atoms with Crippen molar-refractivity contribution < 1.29 is 27.9 Å². The second-order valence-corrected chi connectivity index (χ2v) is 7.32. The summed E-state index contributed by atoms with van der Waals surface area (Å²) in [6.45, 7) is 5.40. The van der Waals surface area contributed by atoms with Crippen LogP contribution < -0.4 is 4.74 Å². The topological polar surface area (TPSA) is 104 Å². The van der Waals surface area contributed by atoms with E-state index >= 15 is 0 Å². The largest absolute Gasteiger partial charge is 0.496 e. The molecular weight excluding hydrogens is 348 g/mol. The number of carbonyl (C=O) groups excluding carboxylic acids is 1. The van der Waals surface area contributed by atoms with Crippen molar-refractivity contribution in [2.24, 2.45) is 0 Å². The molecule has 0 aliphatic heterocycles. The van der Waals surface area contributed by atoms with Crippen LogP contribution in [0.2, 0.25) is 0 Å². The summed E-state index contributed by atoms with van der Waals surface area (Å²) in [6, 6.07) is 2.91. The maximum atomic E-state index is 12.6. The van der Waals surface area contributed by atoms with Crippen molar-refractivity contribution in [3.63, 3.8) is 0 Å². The molecule has 0 radical (unpaired) electrons. The number of sulfonamides is 1. The summed E-state index contributed by atoms with van der Waals surface area (Å²) in [6.07, 6.45) is 0. The molecule has 1 atom stereocenters. The number of methoxy groups -OCH3 is 1. The average molecular weight is 372 g/mol. The molecule has 0 fully saturated rings. The predicted molar refractivity (Wildman–Crippen MR) is 92.3 cm³/mol. The van der Waals surface area contributed by atoms with Crippen LogP contribution in [0.4, 0.5) is 0 Å². The first kappa shape index (κ1) is 20.9. The maximum absolute atomic E-state index is 12.6.